The molecule has 2 unspecified atom stereocenters. The van der Waals surface area contributed by atoms with Crippen LogP contribution in [0.1, 0.15) is 24.1 Å². The van der Waals surface area contributed by atoms with Crippen LogP contribution in [-0.4, -0.2) is 19.1 Å². The zero-order valence-corrected chi connectivity index (χ0v) is 12.5. The van der Waals surface area contributed by atoms with Gasteiger partial charge in [0, 0.05) is 6.04 Å². The van der Waals surface area contributed by atoms with Gasteiger partial charge in [-0.15, -0.1) is 0 Å². The third-order valence-corrected chi connectivity index (χ3v) is 3.41. The number of carbonyl (C=O) groups is 1. The molecule has 21 heavy (non-hydrogen) atoms. The average Bonchev–Trinajstić information content (AvgIpc) is 2.53. The zero-order chi connectivity index (χ0) is 15.1. The number of nitrogens with one attached hydrogen (secondary N) is 1. The Labute approximate surface area is 126 Å². The first-order valence-corrected chi connectivity index (χ1v) is 7.13. The molecule has 110 valence electrons. The molecule has 0 aliphatic carbocycles. The fourth-order valence-electron chi connectivity index (χ4n) is 2.37. The number of hydrogen-bond donors (Lipinski definition) is 1. The Morgan fingerprint density at radius 2 is 1.62 bits per heavy atom. The van der Waals surface area contributed by atoms with Gasteiger partial charge in [0.25, 0.3) is 0 Å². The fourth-order valence-corrected chi connectivity index (χ4v) is 2.37. The van der Waals surface area contributed by atoms with Crippen LogP contribution < -0.4 is 5.32 Å². The van der Waals surface area contributed by atoms with Crippen LogP contribution in [0.15, 0.2) is 60.7 Å². The summed E-state index contributed by atoms with van der Waals surface area (Å²) in [6, 6.07) is 19.6. The summed E-state index contributed by atoms with van der Waals surface area (Å²) in [5, 5.41) is 3.36. The number of carbonyl (C=O) groups excluding carboxylic acids is 1. The van der Waals surface area contributed by atoms with Crippen LogP contribution in [0.25, 0.3) is 0 Å². The van der Waals surface area contributed by atoms with Gasteiger partial charge in [0.15, 0.2) is 0 Å². The second-order valence-corrected chi connectivity index (χ2v) is 5.12. The number of esters is 1. The van der Waals surface area contributed by atoms with Gasteiger partial charge in [-0.3, -0.25) is 5.32 Å². The van der Waals surface area contributed by atoms with Crippen LogP contribution in [-0.2, 0) is 16.0 Å². The minimum Gasteiger partial charge on any atom is -0.468 e. The first-order chi connectivity index (χ1) is 10.2. The van der Waals surface area contributed by atoms with E-state index in [0.29, 0.717) is 0 Å². The summed E-state index contributed by atoms with van der Waals surface area (Å²) in [5.74, 6) is -0.263. The van der Waals surface area contributed by atoms with Gasteiger partial charge in [0.05, 0.1) is 7.11 Å². The maximum absolute atomic E-state index is 12.0. The van der Waals surface area contributed by atoms with Crippen LogP contribution in [0, 0.1) is 0 Å². The minimum absolute atomic E-state index is 0.164. The molecule has 2 aromatic rings. The molecule has 0 amide bonds. The Morgan fingerprint density at radius 1 is 1.05 bits per heavy atom. The van der Waals surface area contributed by atoms with Crippen molar-refractivity contribution >= 4 is 5.97 Å². The first-order valence-electron chi connectivity index (χ1n) is 7.13. The van der Waals surface area contributed by atoms with Crippen molar-refractivity contribution in [3.63, 3.8) is 0 Å². The molecule has 0 aromatic heterocycles. The largest absolute Gasteiger partial charge is 0.468 e. The zero-order valence-electron chi connectivity index (χ0n) is 12.5. The summed E-state index contributed by atoms with van der Waals surface area (Å²) in [6.45, 7) is 2.08. The van der Waals surface area contributed by atoms with Gasteiger partial charge < -0.3 is 4.74 Å². The Hall–Kier alpha value is -2.13. The lowest BCUT2D eigenvalue weighted by Crippen LogP contribution is -2.37. The lowest BCUT2D eigenvalue weighted by Gasteiger charge is -2.22. The normalized spacial score (nSPS) is 13.4. The molecular formula is C18H21NO2. The Kier molecular flexibility index (Phi) is 5.52. The lowest BCUT2D eigenvalue weighted by atomic mass is 10.0. The summed E-state index contributed by atoms with van der Waals surface area (Å²) in [6.07, 6.45) is 0.862. The van der Waals surface area contributed by atoms with Gasteiger partial charge in [-0.2, -0.15) is 0 Å². The van der Waals surface area contributed by atoms with Crippen molar-refractivity contribution in [2.75, 3.05) is 7.11 Å². The maximum atomic E-state index is 12.0. The van der Waals surface area contributed by atoms with E-state index in [1.165, 1.54) is 12.7 Å². The molecule has 3 heteroatoms. The summed E-state index contributed by atoms with van der Waals surface area (Å²) in [5.41, 5.74) is 2.17. The Morgan fingerprint density at radius 3 is 2.19 bits per heavy atom. The van der Waals surface area contributed by atoms with Gasteiger partial charge in [0.1, 0.15) is 6.04 Å². The minimum atomic E-state index is -0.435. The number of hydrogen-bond acceptors (Lipinski definition) is 3. The second-order valence-electron chi connectivity index (χ2n) is 5.12. The monoisotopic (exact) mass is 283 g/mol. The Balaban J connectivity index is 2.07. The van der Waals surface area contributed by atoms with Crippen molar-refractivity contribution in [3.8, 4) is 0 Å². The molecule has 2 rings (SSSR count). The van der Waals surface area contributed by atoms with E-state index in [-0.39, 0.29) is 12.0 Å². The molecule has 3 nitrogen and oxygen atoms in total. The van der Waals surface area contributed by atoms with Crippen LogP contribution in [0.4, 0.5) is 0 Å². The highest BCUT2D eigenvalue weighted by Crippen LogP contribution is 2.16. The summed E-state index contributed by atoms with van der Waals surface area (Å²) >= 11 is 0. The average molecular weight is 283 g/mol. The molecule has 0 bridgehead atoms. The molecule has 0 aliphatic rings. The van der Waals surface area contributed by atoms with Crippen LogP contribution in [0.3, 0.4) is 0 Å². The topological polar surface area (TPSA) is 38.3 Å². The van der Waals surface area contributed by atoms with E-state index in [2.05, 4.69) is 24.4 Å². The molecule has 1 N–H and O–H groups in total. The predicted octanol–water partition coefficient (Wildman–Crippen LogP) is 3.12. The highest BCUT2D eigenvalue weighted by Gasteiger charge is 2.22. The molecule has 0 fully saturated rings. The second kappa shape index (κ2) is 7.60. The van der Waals surface area contributed by atoms with Crippen molar-refractivity contribution in [2.24, 2.45) is 0 Å². The SMILES string of the molecule is COC(=O)C(NC(C)Cc1ccccc1)c1ccccc1. The maximum Gasteiger partial charge on any atom is 0.327 e. The van der Waals surface area contributed by atoms with Crippen molar-refractivity contribution in [1.82, 2.24) is 5.32 Å². The third-order valence-electron chi connectivity index (χ3n) is 3.41. The first kappa shape index (κ1) is 15.3. The molecule has 2 aromatic carbocycles. The summed E-state index contributed by atoms with van der Waals surface area (Å²) < 4.78 is 4.92. The molecular weight excluding hydrogens is 262 g/mol. The van der Waals surface area contributed by atoms with Crippen molar-refractivity contribution in [3.05, 3.63) is 71.8 Å². The molecule has 0 saturated carbocycles. The highest BCUT2D eigenvalue weighted by molar-refractivity contribution is 5.77. The van der Waals surface area contributed by atoms with E-state index < -0.39 is 6.04 Å². The van der Waals surface area contributed by atoms with E-state index >= 15 is 0 Å². The molecule has 0 saturated heterocycles. The van der Waals surface area contributed by atoms with Gasteiger partial charge in [-0.1, -0.05) is 60.7 Å². The smallest absolute Gasteiger partial charge is 0.327 e. The number of ether oxygens (including phenoxy) is 1. The van der Waals surface area contributed by atoms with E-state index in [4.69, 9.17) is 4.74 Å². The van der Waals surface area contributed by atoms with E-state index in [1.54, 1.807) is 0 Å². The summed E-state index contributed by atoms with van der Waals surface area (Å²) in [4.78, 5) is 12.0. The van der Waals surface area contributed by atoms with Gasteiger partial charge in [-0.25, -0.2) is 4.79 Å². The van der Waals surface area contributed by atoms with E-state index in [9.17, 15) is 4.79 Å². The van der Waals surface area contributed by atoms with E-state index in [1.807, 2.05) is 48.5 Å². The van der Waals surface area contributed by atoms with Crippen molar-refractivity contribution < 1.29 is 9.53 Å². The quantitative estimate of drug-likeness (QED) is 0.828. The van der Waals surface area contributed by atoms with Crippen LogP contribution >= 0.6 is 0 Å². The standard InChI is InChI=1S/C18H21NO2/c1-14(13-15-9-5-3-6-10-15)19-17(18(20)21-2)16-11-7-4-8-12-16/h3-12,14,17,19H,13H2,1-2H3. The van der Waals surface area contributed by atoms with Gasteiger partial charge >= 0.3 is 5.97 Å². The lowest BCUT2D eigenvalue weighted by molar-refractivity contribution is -0.143. The van der Waals surface area contributed by atoms with Crippen molar-refractivity contribution in [1.29, 1.82) is 0 Å². The third kappa shape index (κ3) is 4.43. The molecule has 0 spiro atoms. The van der Waals surface area contributed by atoms with Gasteiger partial charge in [-0.05, 0) is 24.5 Å². The molecule has 2 atom stereocenters. The molecule has 0 radical (unpaired) electrons. The van der Waals surface area contributed by atoms with Crippen LogP contribution in [0.5, 0.6) is 0 Å². The predicted molar refractivity (Wildman–Crippen MR) is 83.9 cm³/mol. The van der Waals surface area contributed by atoms with E-state index in [0.717, 1.165) is 12.0 Å². The molecule has 0 heterocycles. The van der Waals surface area contributed by atoms with Crippen LogP contribution in [0.2, 0.25) is 0 Å². The summed E-state index contributed by atoms with van der Waals surface area (Å²) in [7, 11) is 1.42. The number of rotatable bonds is 6. The number of benzene rings is 2. The highest BCUT2D eigenvalue weighted by atomic mass is 16.5. The number of methoxy groups -OCH3 is 1. The van der Waals surface area contributed by atoms with Crippen molar-refractivity contribution in [2.45, 2.75) is 25.4 Å². The molecule has 0 aliphatic heterocycles. The van der Waals surface area contributed by atoms with Gasteiger partial charge in [0.2, 0.25) is 0 Å². The Bertz CT molecular complexity index is 554. The fraction of sp³-hybridized carbons (Fsp3) is 0.278.